The highest BCUT2D eigenvalue weighted by Crippen LogP contribution is 2.54. The molecule has 0 radical (unpaired) electrons. The lowest BCUT2D eigenvalue weighted by atomic mass is 9.98. The quantitative estimate of drug-likeness (QED) is 0.175. The Morgan fingerprint density at radius 3 is 2.14 bits per heavy atom. The van der Waals surface area contributed by atoms with Crippen molar-refractivity contribution in [1.29, 1.82) is 0 Å². The van der Waals surface area contributed by atoms with Crippen LogP contribution in [0.5, 0.6) is 0 Å². The van der Waals surface area contributed by atoms with Crippen molar-refractivity contribution in [3.05, 3.63) is 188 Å². The van der Waals surface area contributed by atoms with Crippen molar-refractivity contribution < 1.29 is 4.42 Å². The van der Waals surface area contributed by atoms with Gasteiger partial charge in [-0.15, -0.1) is 11.3 Å². The highest BCUT2D eigenvalue weighted by atomic mass is 32.1. The molecule has 1 aliphatic rings. The average molecular weight is 758 g/mol. The minimum atomic E-state index is 0.839. The zero-order valence-electron chi connectivity index (χ0n) is 31.1. The van der Waals surface area contributed by atoms with Gasteiger partial charge in [0, 0.05) is 60.7 Å². The van der Waals surface area contributed by atoms with Gasteiger partial charge in [0.15, 0.2) is 0 Å². The summed E-state index contributed by atoms with van der Waals surface area (Å²) in [7, 11) is 0. The first-order valence-corrected chi connectivity index (χ1v) is 20.4. The molecule has 4 nitrogen and oxygen atoms in total. The molecule has 1 aliphatic carbocycles. The minimum Gasteiger partial charge on any atom is -0.456 e. The molecule has 12 aromatic rings. The van der Waals surface area contributed by atoms with Crippen molar-refractivity contribution >= 4 is 92.3 Å². The molecule has 0 N–H and O–H groups in total. The van der Waals surface area contributed by atoms with Crippen LogP contribution in [-0.2, 0) is 0 Å². The van der Waals surface area contributed by atoms with Gasteiger partial charge in [0.25, 0.3) is 0 Å². The van der Waals surface area contributed by atoms with Gasteiger partial charge in [0.2, 0.25) is 0 Å². The van der Waals surface area contributed by atoms with Crippen LogP contribution in [0, 0.1) is 0 Å². The lowest BCUT2D eigenvalue weighted by Gasteiger charge is -2.24. The normalized spacial score (nSPS) is 12.1. The molecule has 0 saturated heterocycles. The first kappa shape index (κ1) is 31.7. The van der Waals surface area contributed by atoms with Crippen LogP contribution in [0.4, 0.5) is 17.2 Å². The molecule has 0 amide bonds. The minimum absolute atomic E-state index is 0.839. The third-order valence-electron chi connectivity index (χ3n) is 12.0. The summed E-state index contributed by atoms with van der Waals surface area (Å²) in [6.07, 6.45) is 1.84. The Labute approximate surface area is 337 Å². The predicted molar refractivity (Wildman–Crippen MR) is 243 cm³/mol. The van der Waals surface area contributed by atoms with E-state index in [1.165, 1.54) is 75.5 Å². The van der Waals surface area contributed by atoms with Crippen molar-refractivity contribution in [3.8, 4) is 39.2 Å². The van der Waals surface area contributed by atoms with Crippen LogP contribution in [0.15, 0.2) is 193 Å². The Bertz CT molecular complexity index is 3630. The van der Waals surface area contributed by atoms with E-state index in [0.717, 1.165) is 44.7 Å². The number of furan rings is 1. The Hall–Kier alpha value is -7.47. The lowest BCUT2D eigenvalue weighted by molar-refractivity contribution is 0.669. The number of nitrogens with zero attached hydrogens (tertiary/aromatic N) is 3. The van der Waals surface area contributed by atoms with E-state index in [-0.39, 0.29) is 0 Å². The fourth-order valence-corrected chi connectivity index (χ4v) is 10.7. The number of para-hydroxylation sites is 1. The van der Waals surface area contributed by atoms with Crippen molar-refractivity contribution in [2.45, 2.75) is 0 Å². The summed E-state index contributed by atoms with van der Waals surface area (Å²) in [5, 5.41) is 8.70. The van der Waals surface area contributed by atoms with Crippen LogP contribution in [-0.4, -0.2) is 9.55 Å². The second-order valence-corrected chi connectivity index (χ2v) is 16.2. The van der Waals surface area contributed by atoms with Gasteiger partial charge in [0.1, 0.15) is 17.0 Å². The fraction of sp³-hybridized carbons (Fsp3) is 0. The summed E-state index contributed by atoms with van der Waals surface area (Å²) in [4.78, 5) is 6.98. The summed E-state index contributed by atoms with van der Waals surface area (Å²) in [6.45, 7) is 0. The number of fused-ring (bicyclic) bond motifs is 11. The van der Waals surface area contributed by atoms with E-state index in [9.17, 15) is 0 Å². The van der Waals surface area contributed by atoms with Gasteiger partial charge >= 0.3 is 0 Å². The topological polar surface area (TPSA) is 34.2 Å². The van der Waals surface area contributed by atoms with E-state index < -0.39 is 0 Å². The summed E-state index contributed by atoms with van der Waals surface area (Å²) < 4.78 is 11.5. The van der Waals surface area contributed by atoms with Crippen LogP contribution in [0.1, 0.15) is 0 Å². The predicted octanol–water partition coefficient (Wildman–Crippen LogP) is 15.2. The molecular formula is C53H31N3OS. The molecule has 4 aromatic heterocycles. The number of hydrogen-bond donors (Lipinski definition) is 0. The maximum Gasteiger partial charge on any atom is 0.137 e. The van der Waals surface area contributed by atoms with E-state index in [4.69, 9.17) is 9.40 Å². The van der Waals surface area contributed by atoms with Gasteiger partial charge in [-0.1, -0.05) is 109 Å². The van der Waals surface area contributed by atoms with E-state index in [0.29, 0.717) is 0 Å². The monoisotopic (exact) mass is 757 g/mol. The maximum atomic E-state index is 6.31. The first-order valence-electron chi connectivity index (χ1n) is 19.6. The highest BCUT2D eigenvalue weighted by molar-refractivity contribution is 7.26. The molecule has 0 fully saturated rings. The molecule has 0 atom stereocenters. The number of thiophene rings is 1. The van der Waals surface area contributed by atoms with E-state index in [1.54, 1.807) is 0 Å². The van der Waals surface area contributed by atoms with Gasteiger partial charge in [-0.2, -0.15) is 0 Å². The number of anilines is 3. The second-order valence-electron chi connectivity index (χ2n) is 15.1. The molecule has 270 valence electrons. The first-order chi connectivity index (χ1) is 28.8. The molecule has 0 bridgehead atoms. The number of aromatic nitrogens is 2. The molecule has 5 heteroatoms. The molecule has 0 aliphatic heterocycles. The SMILES string of the molecule is c1ccc(N(c2ccc(-c3ccc4c(c3)c3c(n4-c4cccc5c4sc4ccccc45)-c4cccc5cccc-3c45)cc2)c2ccc3c(c2)oc2ccccc23)nc1. The van der Waals surface area contributed by atoms with Crippen molar-refractivity contribution in [2.24, 2.45) is 0 Å². The van der Waals surface area contributed by atoms with E-state index in [2.05, 4.69) is 161 Å². The summed E-state index contributed by atoms with van der Waals surface area (Å²) in [6, 6.07) is 65.6. The molecule has 0 saturated carbocycles. The van der Waals surface area contributed by atoms with Crippen LogP contribution in [0.25, 0.3) is 103 Å². The zero-order chi connectivity index (χ0) is 37.9. The Morgan fingerprint density at radius 2 is 1.26 bits per heavy atom. The Morgan fingerprint density at radius 1 is 0.517 bits per heavy atom. The Balaban J connectivity index is 0.977. The lowest BCUT2D eigenvalue weighted by Crippen LogP contribution is -2.11. The molecule has 0 unspecified atom stereocenters. The summed E-state index contributed by atoms with van der Waals surface area (Å²) >= 11 is 1.88. The molecule has 0 spiro atoms. The van der Waals surface area contributed by atoms with Gasteiger partial charge in [-0.05, 0) is 94.2 Å². The van der Waals surface area contributed by atoms with E-state index in [1.807, 2.05) is 47.9 Å². The van der Waals surface area contributed by atoms with Gasteiger partial charge in [-0.25, -0.2) is 4.98 Å². The number of hydrogen-bond acceptors (Lipinski definition) is 4. The number of benzene rings is 8. The third kappa shape index (κ3) is 4.47. The Kier molecular flexibility index (Phi) is 6.57. The van der Waals surface area contributed by atoms with E-state index >= 15 is 0 Å². The number of pyridine rings is 1. The molecule has 4 heterocycles. The molecular weight excluding hydrogens is 727 g/mol. The summed E-state index contributed by atoms with van der Waals surface area (Å²) in [5.74, 6) is 0.839. The third-order valence-corrected chi connectivity index (χ3v) is 13.2. The maximum absolute atomic E-state index is 6.31. The van der Waals surface area contributed by atoms with Gasteiger partial charge < -0.3 is 8.98 Å². The largest absolute Gasteiger partial charge is 0.456 e. The zero-order valence-corrected chi connectivity index (χ0v) is 31.9. The van der Waals surface area contributed by atoms with Crippen molar-refractivity contribution in [1.82, 2.24) is 9.55 Å². The van der Waals surface area contributed by atoms with Crippen LogP contribution >= 0.6 is 11.3 Å². The van der Waals surface area contributed by atoms with Crippen molar-refractivity contribution in [2.75, 3.05) is 4.90 Å². The van der Waals surface area contributed by atoms with Crippen LogP contribution in [0.2, 0.25) is 0 Å². The molecule has 8 aromatic carbocycles. The molecule has 13 rings (SSSR count). The smallest absolute Gasteiger partial charge is 0.137 e. The second kappa shape index (κ2) is 12.0. The number of rotatable bonds is 5. The molecule has 58 heavy (non-hydrogen) atoms. The summed E-state index contributed by atoms with van der Waals surface area (Å²) in [5.41, 5.74) is 13.7. The van der Waals surface area contributed by atoms with Gasteiger partial charge in [-0.3, -0.25) is 4.90 Å². The fourth-order valence-electron chi connectivity index (χ4n) is 9.46. The van der Waals surface area contributed by atoms with Gasteiger partial charge in [0.05, 0.1) is 27.3 Å². The average Bonchev–Trinajstić information content (AvgIpc) is 4.03. The van der Waals surface area contributed by atoms with Crippen LogP contribution < -0.4 is 4.90 Å². The standard InChI is InChI=1S/C53H31N3OS/c1-3-18-46-37(12-1)38-27-26-36(31-47(38)57-46)55(49-20-5-6-29-54-49)35-24-21-32(22-25-35)34-23-28-44-43(30-34)51-41-15-7-10-33-11-8-16-42(50(33)41)52(51)56(44)45-17-9-14-40-39-13-2-4-19-48(39)58-53(40)45/h1-31H. The highest BCUT2D eigenvalue weighted by Gasteiger charge is 2.30. The van der Waals surface area contributed by atoms with Crippen LogP contribution in [0.3, 0.4) is 0 Å². The van der Waals surface area contributed by atoms with Crippen molar-refractivity contribution in [3.63, 3.8) is 0 Å².